The lowest BCUT2D eigenvalue weighted by Gasteiger charge is -2.08. The van der Waals surface area contributed by atoms with Crippen molar-refractivity contribution in [1.82, 2.24) is 0 Å². The van der Waals surface area contributed by atoms with Crippen LogP contribution in [0.3, 0.4) is 0 Å². The maximum absolute atomic E-state index is 11.2. The van der Waals surface area contributed by atoms with Crippen LogP contribution in [0.25, 0.3) is 0 Å². The van der Waals surface area contributed by atoms with Crippen molar-refractivity contribution < 1.29 is 9.53 Å². The number of anilines is 2. The van der Waals surface area contributed by atoms with E-state index in [1.165, 1.54) is 7.11 Å². The number of methoxy groups -OCH3 is 1. The fourth-order valence-corrected chi connectivity index (χ4v) is 2.26. The molecule has 0 aliphatic carbocycles. The quantitative estimate of drug-likeness (QED) is 0.848. The first-order chi connectivity index (χ1) is 9.56. The highest BCUT2D eigenvalue weighted by molar-refractivity contribution is 6.35. The molecule has 0 amide bonds. The van der Waals surface area contributed by atoms with E-state index in [4.69, 9.17) is 23.2 Å². The van der Waals surface area contributed by atoms with E-state index < -0.39 is 0 Å². The molecule has 0 heterocycles. The number of hydrogen-bond acceptors (Lipinski definition) is 3. The van der Waals surface area contributed by atoms with E-state index in [0.717, 1.165) is 16.9 Å². The Morgan fingerprint density at radius 1 is 1.05 bits per heavy atom. The van der Waals surface area contributed by atoms with E-state index in [1.807, 2.05) is 24.3 Å². The Morgan fingerprint density at radius 2 is 1.65 bits per heavy atom. The number of carbonyl (C=O) groups is 1. The number of nitrogens with one attached hydrogen (secondary N) is 1. The fourth-order valence-electron chi connectivity index (χ4n) is 1.74. The summed E-state index contributed by atoms with van der Waals surface area (Å²) in [5, 5.41) is 4.34. The van der Waals surface area contributed by atoms with Gasteiger partial charge in [0.15, 0.2) is 0 Å². The Bertz CT molecular complexity index is 592. The average molecular weight is 310 g/mol. The molecule has 2 rings (SSSR count). The van der Waals surface area contributed by atoms with Crippen molar-refractivity contribution in [3.63, 3.8) is 0 Å². The first-order valence-corrected chi connectivity index (χ1v) is 6.71. The average Bonchev–Trinajstić information content (AvgIpc) is 2.39. The minimum Gasteiger partial charge on any atom is -0.469 e. The van der Waals surface area contributed by atoms with E-state index in [9.17, 15) is 4.79 Å². The summed E-state index contributed by atoms with van der Waals surface area (Å²) >= 11 is 11.9. The van der Waals surface area contributed by atoms with Crippen LogP contribution in [0, 0.1) is 0 Å². The Labute approximate surface area is 127 Å². The van der Waals surface area contributed by atoms with Crippen LogP contribution in [-0.2, 0) is 16.0 Å². The van der Waals surface area contributed by atoms with Gasteiger partial charge in [-0.15, -0.1) is 0 Å². The Morgan fingerprint density at radius 3 is 2.20 bits per heavy atom. The van der Waals surface area contributed by atoms with Crippen LogP contribution >= 0.6 is 23.2 Å². The van der Waals surface area contributed by atoms with Gasteiger partial charge in [-0.05, 0) is 35.9 Å². The first-order valence-electron chi connectivity index (χ1n) is 5.95. The number of carbonyl (C=O) groups excluding carboxylic acids is 1. The highest BCUT2D eigenvalue weighted by atomic mass is 35.5. The van der Waals surface area contributed by atoms with E-state index in [0.29, 0.717) is 10.0 Å². The molecular weight excluding hydrogens is 297 g/mol. The molecule has 0 aromatic heterocycles. The molecule has 20 heavy (non-hydrogen) atoms. The fraction of sp³-hybridized carbons (Fsp3) is 0.133. The smallest absolute Gasteiger partial charge is 0.309 e. The number of esters is 1. The predicted molar refractivity (Wildman–Crippen MR) is 81.9 cm³/mol. The second kappa shape index (κ2) is 6.64. The molecule has 0 saturated carbocycles. The van der Waals surface area contributed by atoms with Crippen LogP contribution < -0.4 is 5.32 Å². The van der Waals surface area contributed by atoms with Gasteiger partial charge in [-0.3, -0.25) is 4.79 Å². The van der Waals surface area contributed by atoms with E-state index in [-0.39, 0.29) is 12.4 Å². The second-order valence-electron chi connectivity index (χ2n) is 4.23. The summed E-state index contributed by atoms with van der Waals surface area (Å²) in [7, 11) is 1.38. The van der Waals surface area contributed by atoms with Gasteiger partial charge in [0.05, 0.1) is 13.5 Å². The van der Waals surface area contributed by atoms with Crippen LogP contribution in [0.5, 0.6) is 0 Å². The van der Waals surface area contributed by atoms with Crippen molar-refractivity contribution in [1.29, 1.82) is 0 Å². The first kappa shape index (κ1) is 14.7. The third-order valence-electron chi connectivity index (χ3n) is 2.68. The molecule has 1 N–H and O–H groups in total. The zero-order valence-electron chi connectivity index (χ0n) is 10.8. The topological polar surface area (TPSA) is 38.3 Å². The molecule has 0 bridgehead atoms. The van der Waals surface area contributed by atoms with Crippen molar-refractivity contribution >= 4 is 40.5 Å². The van der Waals surface area contributed by atoms with Gasteiger partial charge >= 0.3 is 5.97 Å². The maximum Gasteiger partial charge on any atom is 0.309 e. The van der Waals surface area contributed by atoms with Crippen molar-refractivity contribution in [3.05, 3.63) is 58.1 Å². The van der Waals surface area contributed by atoms with Crippen molar-refractivity contribution in [2.45, 2.75) is 6.42 Å². The van der Waals surface area contributed by atoms with Crippen LogP contribution in [0.4, 0.5) is 11.4 Å². The van der Waals surface area contributed by atoms with Crippen LogP contribution in [-0.4, -0.2) is 13.1 Å². The van der Waals surface area contributed by atoms with Crippen molar-refractivity contribution in [2.24, 2.45) is 0 Å². The predicted octanol–water partition coefficient (Wildman–Crippen LogP) is 4.45. The Balaban J connectivity index is 2.08. The molecule has 0 unspecified atom stereocenters. The van der Waals surface area contributed by atoms with Gasteiger partial charge in [-0.1, -0.05) is 35.3 Å². The summed E-state index contributed by atoms with van der Waals surface area (Å²) in [6.07, 6.45) is 0.264. The zero-order chi connectivity index (χ0) is 14.5. The number of ether oxygens (including phenoxy) is 1. The Hall–Kier alpha value is -1.71. The molecule has 2 aromatic carbocycles. The van der Waals surface area contributed by atoms with Gasteiger partial charge in [-0.2, -0.15) is 0 Å². The molecule has 0 aliphatic heterocycles. The van der Waals surface area contributed by atoms with Crippen LogP contribution in [0.15, 0.2) is 42.5 Å². The largest absolute Gasteiger partial charge is 0.469 e. The summed E-state index contributed by atoms with van der Waals surface area (Å²) in [4.78, 5) is 11.2. The second-order valence-corrected chi connectivity index (χ2v) is 5.11. The van der Waals surface area contributed by atoms with Gasteiger partial charge in [0.2, 0.25) is 0 Å². The molecule has 104 valence electrons. The summed E-state index contributed by atoms with van der Waals surface area (Å²) < 4.78 is 4.62. The SMILES string of the molecule is COC(=O)Cc1ccc(Nc2cc(Cl)cc(Cl)c2)cc1. The molecule has 0 saturated heterocycles. The van der Waals surface area contributed by atoms with Gasteiger partial charge < -0.3 is 10.1 Å². The molecular formula is C15H13Cl2NO2. The normalized spacial score (nSPS) is 10.2. The lowest BCUT2D eigenvalue weighted by atomic mass is 10.1. The standard InChI is InChI=1S/C15H13Cl2NO2/c1-20-15(19)6-10-2-4-13(5-3-10)18-14-8-11(16)7-12(17)9-14/h2-5,7-9,18H,6H2,1H3. The summed E-state index contributed by atoms with van der Waals surface area (Å²) in [6.45, 7) is 0. The third kappa shape index (κ3) is 4.15. The molecule has 0 radical (unpaired) electrons. The summed E-state index contributed by atoms with van der Waals surface area (Å²) in [5.41, 5.74) is 2.59. The van der Waals surface area contributed by atoms with Crippen molar-refractivity contribution in [3.8, 4) is 0 Å². The summed E-state index contributed by atoms with van der Waals surface area (Å²) in [5.74, 6) is -0.257. The highest BCUT2D eigenvalue weighted by Gasteiger charge is 2.03. The van der Waals surface area contributed by atoms with E-state index >= 15 is 0 Å². The van der Waals surface area contributed by atoms with Gasteiger partial charge in [-0.25, -0.2) is 0 Å². The molecule has 0 atom stereocenters. The minimum absolute atomic E-state index is 0.257. The monoisotopic (exact) mass is 309 g/mol. The Kier molecular flexibility index (Phi) is 4.88. The lowest BCUT2D eigenvalue weighted by Crippen LogP contribution is -2.04. The number of rotatable bonds is 4. The number of hydrogen-bond donors (Lipinski definition) is 1. The highest BCUT2D eigenvalue weighted by Crippen LogP contribution is 2.25. The van der Waals surface area contributed by atoms with E-state index in [2.05, 4.69) is 10.1 Å². The number of benzene rings is 2. The van der Waals surface area contributed by atoms with Gasteiger partial charge in [0.1, 0.15) is 0 Å². The molecule has 0 fully saturated rings. The number of halogens is 2. The van der Waals surface area contributed by atoms with Gasteiger partial charge in [0, 0.05) is 21.4 Å². The maximum atomic E-state index is 11.2. The van der Waals surface area contributed by atoms with Gasteiger partial charge in [0.25, 0.3) is 0 Å². The van der Waals surface area contributed by atoms with Crippen LogP contribution in [0.2, 0.25) is 10.0 Å². The van der Waals surface area contributed by atoms with E-state index in [1.54, 1.807) is 18.2 Å². The van der Waals surface area contributed by atoms with Crippen LogP contribution in [0.1, 0.15) is 5.56 Å². The molecule has 2 aromatic rings. The minimum atomic E-state index is -0.257. The van der Waals surface area contributed by atoms with Crippen molar-refractivity contribution in [2.75, 3.05) is 12.4 Å². The zero-order valence-corrected chi connectivity index (χ0v) is 12.3. The lowest BCUT2D eigenvalue weighted by molar-refractivity contribution is -0.139. The molecule has 0 spiro atoms. The molecule has 0 aliphatic rings. The third-order valence-corrected chi connectivity index (χ3v) is 3.12. The summed E-state index contributed by atoms with van der Waals surface area (Å²) in [6, 6.07) is 12.7. The molecule has 5 heteroatoms. The molecule has 3 nitrogen and oxygen atoms in total.